The molecule has 0 heterocycles. The van der Waals surface area contributed by atoms with Crippen LogP contribution >= 0.6 is 0 Å². The minimum atomic E-state index is -0.372. The molecule has 0 saturated heterocycles. The molecular formula is C12H22O. The van der Waals surface area contributed by atoms with Crippen LogP contribution in [-0.4, -0.2) is 10.7 Å². The van der Waals surface area contributed by atoms with Gasteiger partial charge >= 0.3 is 0 Å². The van der Waals surface area contributed by atoms with E-state index in [1.165, 1.54) is 32.1 Å². The maximum Gasteiger partial charge on any atom is 0.0625 e. The number of hydrogen-bond donors (Lipinski definition) is 1. The zero-order valence-corrected chi connectivity index (χ0v) is 8.97. The molecule has 76 valence electrons. The van der Waals surface area contributed by atoms with Crippen molar-refractivity contribution in [3.8, 4) is 0 Å². The molecule has 2 saturated carbocycles. The molecule has 1 heteroatoms. The van der Waals surface area contributed by atoms with E-state index >= 15 is 0 Å². The molecule has 0 aromatic heterocycles. The fourth-order valence-corrected chi connectivity index (χ4v) is 3.64. The van der Waals surface area contributed by atoms with E-state index in [1.54, 1.807) is 0 Å². The second-order valence-electron chi connectivity index (χ2n) is 5.81. The van der Waals surface area contributed by atoms with Gasteiger partial charge in [0.05, 0.1) is 5.60 Å². The Morgan fingerprint density at radius 2 is 1.85 bits per heavy atom. The van der Waals surface area contributed by atoms with Crippen LogP contribution in [0, 0.1) is 11.3 Å². The lowest BCUT2D eigenvalue weighted by Crippen LogP contribution is -2.44. The van der Waals surface area contributed by atoms with E-state index in [-0.39, 0.29) is 5.60 Å². The summed E-state index contributed by atoms with van der Waals surface area (Å²) in [5, 5.41) is 10.1. The standard InChI is InChI=1S/C12H22O/c1-11-7-4-3-5-10(11)6-8-12(2,13)9-11/h10,13H,3-9H2,1-2H3. The van der Waals surface area contributed by atoms with Crippen LogP contribution < -0.4 is 0 Å². The van der Waals surface area contributed by atoms with Crippen LogP contribution in [0.1, 0.15) is 58.8 Å². The van der Waals surface area contributed by atoms with Gasteiger partial charge in [-0.3, -0.25) is 0 Å². The van der Waals surface area contributed by atoms with Crippen molar-refractivity contribution < 1.29 is 5.11 Å². The van der Waals surface area contributed by atoms with Crippen LogP contribution in [-0.2, 0) is 0 Å². The van der Waals surface area contributed by atoms with Crippen molar-refractivity contribution in [2.75, 3.05) is 0 Å². The molecule has 0 amide bonds. The van der Waals surface area contributed by atoms with Gasteiger partial charge < -0.3 is 5.11 Å². The maximum atomic E-state index is 10.1. The third-order valence-electron chi connectivity index (χ3n) is 4.35. The number of aliphatic hydroxyl groups is 1. The fourth-order valence-electron chi connectivity index (χ4n) is 3.64. The summed E-state index contributed by atoms with van der Waals surface area (Å²) in [6.07, 6.45) is 8.85. The van der Waals surface area contributed by atoms with E-state index in [0.29, 0.717) is 5.41 Å². The molecule has 2 aliphatic carbocycles. The average Bonchev–Trinajstić information content (AvgIpc) is 2.00. The van der Waals surface area contributed by atoms with E-state index in [4.69, 9.17) is 0 Å². The maximum absolute atomic E-state index is 10.1. The lowest BCUT2D eigenvalue weighted by Gasteiger charge is -2.50. The molecule has 1 N–H and O–H groups in total. The Kier molecular flexibility index (Phi) is 2.18. The van der Waals surface area contributed by atoms with Crippen LogP contribution in [0.4, 0.5) is 0 Å². The van der Waals surface area contributed by atoms with Crippen molar-refractivity contribution in [3.63, 3.8) is 0 Å². The first-order valence-corrected chi connectivity index (χ1v) is 5.74. The van der Waals surface area contributed by atoms with Gasteiger partial charge in [-0.2, -0.15) is 0 Å². The third-order valence-corrected chi connectivity index (χ3v) is 4.35. The summed E-state index contributed by atoms with van der Waals surface area (Å²) in [5.74, 6) is 0.904. The normalized spacial score (nSPS) is 51.5. The highest BCUT2D eigenvalue weighted by atomic mass is 16.3. The quantitative estimate of drug-likeness (QED) is 0.610. The topological polar surface area (TPSA) is 20.2 Å². The smallest absolute Gasteiger partial charge is 0.0625 e. The van der Waals surface area contributed by atoms with Gasteiger partial charge in [-0.25, -0.2) is 0 Å². The minimum absolute atomic E-state index is 0.372. The van der Waals surface area contributed by atoms with Gasteiger partial charge in [0.15, 0.2) is 0 Å². The largest absolute Gasteiger partial charge is 0.390 e. The molecule has 0 aromatic rings. The van der Waals surface area contributed by atoms with Crippen molar-refractivity contribution in [1.29, 1.82) is 0 Å². The van der Waals surface area contributed by atoms with Crippen LogP contribution in [0.25, 0.3) is 0 Å². The predicted molar refractivity (Wildman–Crippen MR) is 54.5 cm³/mol. The van der Waals surface area contributed by atoms with E-state index in [9.17, 15) is 5.11 Å². The number of fused-ring (bicyclic) bond motifs is 1. The fraction of sp³-hybridized carbons (Fsp3) is 1.00. The highest BCUT2D eigenvalue weighted by molar-refractivity contribution is 4.96. The second kappa shape index (κ2) is 2.98. The van der Waals surface area contributed by atoms with Gasteiger partial charge in [0, 0.05) is 0 Å². The summed E-state index contributed by atoms with van der Waals surface area (Å²) in [6.45, 7) is 4.41. The van der Waals surface area contributed by atoms with Crippen molar-refractivity contribution in [2.45, 2.75) is 64.4 Å². The Bertz CT molecular complexity index is 197. The molecule has 2 rings (SSSR count). The van der Waals surface area contributed by atoms with Crippen LogP contribution in [0.3, 0.4) is 0 Å². The minimum Gasteiger partial charge on any atom is -0.390 e. The first kappa shape index (κ1) is 9.51. The summed E-state index contributed by atoms with van der Waals surface area (Å²) in [6, 6.07) is 0. The van der Waals surface area contributed by atoms with Gasteiger partial charge in [0.2, 0.25) is 0 Å². The van der Waals surface area contributed by atoms with Crippen molar-refractivity contribution in [2.24, 2.45) is 11.3 Å². The van der Waals surface area contributed by atoms with E-state index in [1.807, 2.05) is 6.92 Å². The van der Waals surface area contributed by atoms with E-state index in [2.05, 4.69) is 6.92 Å². The molecule has 0 spiro atoms. The highest BCUT2D eigenvalue weighted by Crippen LogP contribution is 2.52. The van der Waals surface area contributed by atoms with Gasteiger partial charge in [-0.15, -0.1) is 0 Å². The Balaban J connectivity index is 2.12. The monoisotopic (exact) mass is 182 g/mol. The summed E-state index contributed by atoms with van der Waals surface area (Å²) in [5.41, 5.74) is 0.0859. The number of rotatable bonds is 0. The van der Waals surface area contributed by atoms with Gasteiger partial charge in [-0.1, -0.05) is 19.8 Å². The van der Waals surface area contributed by atoms with Gasteiger partial charge in [-0.05, 0) is 50.4 Å². The van der Waals surface area contributed by atoms with Crippen molar-refractivity contribution in [3.05, 3.63) is 0 Å². The SMILES string of the molecule is CC1(O)CCC2CCCCC2(C)C1. The lowest BCUT2D eigenvalue weighted by atomic mass is 9.57. The second-order valence-corrected chi connectivity index (χ2v) is 5.81. The van der Waals surface area contributed by atoms with Gasteiger partial charge in [0.1, 0.15) is 0 Å². The Morgan fingerprint density at radius 3 is 2.62 bits per heavy atom. The van der Waals surface area contributed by atoms with Crippen molar-refractivity contribution in [1.82, 2.24) is 0 Å². The molecule has 3 unspecified atom stereocenters. The molecule has 0 aliphatic heterocycles. The Morgan fingerprint density at radius 1 is 1.08 bits per heavy atom. The van der Waals surface area contributed by atoms with Crippen LogP contribution in [0.2, 0.25) is 0 Å². The molecule has 13 heavy (non-hydrogen) atoms. The zero-order chi connectivity index (χ0) is 9.53. The van der Waals surface area contributed by atoms with Crippen LogP contribution in [0.5, 0.6) is 0 Å². The van der Waals surface area contributed by atoms with E-state index in [0.717, 1.165) is 18.8 Å². The van der Waals surface area contributed by atoms with Crippen LogP contribution in [0.15, 0.2) is 0 Å². The summed E-state index contributed by atoms with van der Waals surface area (Å²) < 4.78 is 0. The predicted octanol–water partition coefficient (Wildman–Crippen LogP) is 3.12. The molecule has 3 atom stereocenters. The zero-order valence-electron chi connectivity index (χ0n) is 8.97. The molecule has 1 nitrogen and oxygen atoms in total. The summed E-state index contributed by atoms with van der Waals surface area (Å²) in [4.78, 5) is 0. The third kappa shape index (κ3) is 1.76. The van der Waals surface area contributed by atoms with E-state index < -0.39 is 0 Å². The lowest BCUT2D eigenvalue weighted by molar-refractivity contribution is -0.0741. The molecule has 0 radical (unpaired) electrons. The van der Waals surface area contributed by atoms with Gasteiger partial charge in [0.25, 0.3) is 0 Å². The highest BCUT2D eigenvalue weighted by Gasteiger charge is 2.45. The first-order valence-electron chi connectivity index (χ1n) is 5.74. The first-order chi connectivity index (χ1) is 6.02. The Labute approximate surface area is 81.5 Å². The molecule has 0 bridgehead atoms. The molecular weight excluding hydrogens is 160 g/mol. The Hall–Kier alpha value is -0.0400. The summed E-state index contributed by atoms with van der Waals surface area (Å²) >= 11 is 0. The molecule has 2 fully saturated rings. The number of hydrogen-bond acceptors (Lipinski definition) is 1. The average molecular weight is 182 g/mol. The molecule has 0 aromatic carbocycles. The molecule has 2 aliphatic rings. The van der Waals surface area contributed by atoms with Crippen molar-refractivity contribution >= 4 is 0 Å². The summed E-state index contributed by atoms with van der Waals surface area (Å²) in [7, 11) is 0.